The summed E-state index contributed by atoms with van der Waals surface area (Å²) in [5.41, 5.74) is 7.16. The van der Waals surface area contributed by atoms with Gasteiger partial charge in [0.1, 0.15) is 0 Å². The Kier molecular flexibility index (Phi) is 6.58. The molecule has 2 rings (SSSR count). The Labute approximate surface area is 144 Å². The van der Waals surface area contributed by atoms with Crippen molar-refractivity contribution >= 4 is 5.96 Å². The monoisotopic (exact) mass is 335 g/mol. The molecule has 1 heterocycles. The number of likely N-dealkylation sites (tertiary alicyclic amines) is 1. The summed E-state index contributed by atoms with van der Waals surface area (Å²) in [6, 6.07) is 3.87. The highest BCUT2D eigenvalue weighted by atomic mass is 16.5. The van der Waals surface area contributed by atoms with E-state index in [2.05, 4.69) is 16.8 Å². The minimum atomic E-state index is 0.611. The van der Waals surface area contributed by atoms with E-state index in [-0.39, 0.29) is 0 Å². The van der Waals surface area contributed by atoms with Gasteiger partial charge >= 0.3 is 0 Å². The number of rotatable bonds is 6. The van der Waals surface area contributed by atoms with E-state index in [9.17, 15) is 0 Å². The van der Waals surface area contributed by atoms with E-state index in [1.54, 1.807) is 21.3 Å². The molecule has 6 heteroatoms. The predicted octanol–water partition coefficient (Wildman–Crippen LogP) is 2.30. The van der Waals surface area contributed by atoms with Gasteiger partial charge in [-0.1, -0.05) is 13.0 Å². The molecule has 0 spiro atoms. The van der Waals surface area contributed by atoms with Gasteiger partial charge in [-0.3, -0.25) is 4.99 Å². The van der Waals surface area contributed by atoms with Crippen LogP contribution in [0.1, 0.15) is 25.3 Å². The predicted molar refractivity (Wildman–Crippen MR) is 96.3 cm³/mol. The van der Waals surface area contributed by atoms with Crippen LogP contribution in [-0.2, 0) is 6.42 Å². The zero-order valence-corrected chi connectivity index (χ0v) is 15.2. The molecule has 2 N–H and O–H groups in total. The van der Waals surface area contributed by atoms with Gasteiger partial charge in [0.2, 0.25) is 5.75 Å². The average molecular weight is 335 g/mol. The fourth-order valence-corrected chi connectivity index (χ4v) is 2.99. The van der Waals surface area contributed by atoms with Gasteiger partial charge in [-0.05, 0) is 31.2 Å². The molecule has 0 aromatic heterocycles. The lowest BCUT2D eigenvalue weighted by Gasteiger charge is -2.31. The van der Waals surface area contributed by atoms with Crippen molar-refractivity contribution in [2.75, 3.05) is 41.0 Å². The zero-order valence-electron chi connectivity index (χ0n) is 15.2. The summed E-state index contributed by atoms with van der Waals surface area (Å²) >= 11 is 0. The van der Waals surface area contributed by atoms with Gasteiger partial charge in [0, 0.05) is 25.2 Å². The first kappa shape index (κ1) is 18.2. The molecule has 0 saturated carbocycles. The van der Waals surface area contributed by atoms with Gasteiger partial charge in [0.25, 0.3) is 0 Å². The summed E-state index contributed by atoms with van der Waals surface area (Å²) in [5.74, 6) is 3.38. The number of ether oxygens (including phenoxy) is 3. The molecule has 0 unspecified atom stereocenters. The molecule has 0 amide bonds. The van der Waals surface area contributed by atoms with Gasteiger partial charge in [0.15, 0.2) is 17.5 Å². The Morgan fingerprint density at radius 1 is 1.12 bits per heavy atom. The van der Waals surface area contributed by atoms with Crippen LogP contribution in [-0.4, -0.2) is 51.8 Å². The molecule has 0 atom stereocenters. The van der Waals surface area contributed by atoms with Crippen molar-refractivity contribution in [1.29, 1.82) is 0 Å². The first-order chi connectivity index (χ1) is 11.6. The van der Waals surface area contributed by atoms with Gasteiger partial charge in [-0.15, -0.1) is 0 Å². The normalized spacial score (nSPS) is 16.2. The number of aliphatic imine (C=N–C) groups is 1. The Morgan fingerprint density at radius 2 is 1.79 bits per heavy atom. The van der Waals surface area contributed by atoms with E-state index >= 15 is 0 Å². The highest BCUT2D eigenvalue weighted by molar-refractivity contribution is 5.78. The van der Waals surface area contributed by atoms with Crippen LogP contribution in [0.25, 0.3) is 0 Å². The number of methoxy groups -OCH3 is 3. The van der Waals surface area contributed by atoms with E-state index in [0.717, 1.165) is 31.0 Å². The summed E-state index contributed by atoms with van der Waals surface area (Å²) < 4.78 is 16.2. The van der Waals surface area contributed by atoms with E-state index < -0.39 is 0 Å². The van der Waals surface area contributed by atoms with Crippen LogP contribution in [0.2, 0.25) is 0 Å². The minimum Gasteiger partial charge on any atom is -0.493 e. The van der Waals surface area contributed by atoms with Crippen molar-refractivity contribution in [2.24, 2.45) is 16.6 Å². The van der Waals surface area contributed by atoms with Crippen molar-refractivity contribution in [3.8, 4) is 17.2 Å². The molecule has 6 nitrogen and oxygen atoms in total. The summed E-state index contributed by atoms with van der Waals surface area (Å²) in [5, 5.41) is 0. The second-order valence-electron chi connectivity index (χ2n) is 6.15. The number of hydrogen-bond donors (Lipinski definition) is 1. The van der Waals surface area contributed by atoms with Crippen LogP contribution in [0.15, 0.2) is 17.1 Å². The summed E-state index contributed by atoms with van der Waals surface area (Å²) in [4.78, 5) is 6.71. The molecule has 1 aromatic rings. The van der Waals surface area contributed by atoms with E-state index in [1.807, 2.05) is 12.1 Å². The smallest absolute Gasteiger partial charge is 0.203 e. The molecule has 1 fully saturated rings. The van der Waals surface area contributed by atoms with Crippen molar-refractivity contribution < 1.29 is 14.2 Å². The first-order valence-electron chi connectivity index (χ1n) is 8.43. The van der Waals surface area contributed by atoms with Crippen LogP contribution in [0.4, 0.5) is 0 Å². The van der Waals surface area contributed by atoms with E-state index in [0.29, 0.717) is 29.8 Å². The minimum absolute atomic E-state index is 0.611. The van der Waals surface area contributed by atoms with Gasteiger partial charge in [-0.25, -0.2) is 0 Å². The van der Waals surface area contributed by atoms with Crippen molar-refractivity contribution in [1.82, 2.24) is 4.90 Å². The number of guanidine groups is 1. The number of piperidine rings is 1. The maximum Gasteiger partial charge on any atom is 0.203 e. The van der Waals surface area contributed by atoms with E-state index in [1.165, 1.54) is 12.8 Å². The summed E-state index contributed by atoms with van der Waals surface area (Å²) in [7, 11) is 4.85. The zero-order chi connectivity index (χ0) is 17.5. The van der Waals surface area contributed by atoms with Gasteiger partial charge in [0.05, 0.1) is 21.3 Å². The second kappa shape index (κ2) is 8.66. The maximum absolute atomic E-state index is 6.13. The van der Waals surface area contributed by atoms with Crippen molar-refractivity contribution in [3.05, 3.63) is 17.7 Å². The molecule has 1 saturated heterocycles. The number of benzene rings is 1. The lowest BCUT2D eigenvalue weighted by atomic mass is 10.00. The Balaban J connectivity index is 2.02. The molecule has 1 aliphatic rings. The second-order valence-corrected chi connectivity index (χ2v) is 6.15. The molecular weight excluding hydrogens is 306 g/mol. The lowest BCUT2D eigenvalue weighted by molar-refractivity contribution is 0.277. The topological polar surface area (TPSA) is 69.3 Å². The third kappa shape index (κ3) is 4.24. The number of hydrogen-bond acceptors (Lipinski definition) is 4. The lowest BCUT2D eigenvalue weighted by Crippen LogP contribution is -2.42. The molecule has 1 aromatic carbocycles. The van der Waals surface area contributed by atoms with Crippen molar-refractivity contribution in [3.63, 3.8) is 0 Å². The first-order valence-corrected chi connectivity index (χ1v) is 8.43. The Hall–Kier alpha value is -2.11. The molecule has 0 bridgehead atoms. The summed E-state index contributed by atoms with van der Waals surface area (Å²) in [6.07, 6.45) is 3.09. The quantitative estimate of drug-likeness (QED) is 0.638. The molecular formula is C18H29N3O3. The number of nitrogens with zero attached hydrogens (tertiary/aromatic N) is 2. The molecule has 0 aliphatic carbocycles. The highest BCUT2D eigenvalue weighted by Crippen LogP contribution is 2.39. The Bertz CT molecular complexity index is 567. The third-order valence-electron chi connectivity index (χ3n) is 4.55. The summed E-state index contributed by atoms with van der Waals surface area (Å²) in [6.45, 7) is 4.89. The molecule has 134 valence electrons. The van der Waals surface area contributed by atoms with Crippen LogP contribution >= 0.6 is 0 Å². The van der Waals surface area contributed by atoms with Crippen LogP contribution in [0, 0.1) is 5.92 Å². The molecule has 0 radical (unpaired) electrons. The Morgan fingerprint density at radius 3 is 2.38 bits per heavy atom. The third-order valence-corrected chi connectivity index (χ3v) is 4.55. The van der Waals surface area contributed by atoms with Crippen molar-refractivity contribution in [2.45, 2.75) is 26.2 Å². The van der Waals surface area contributed by atoms with Gasteiger partial charge < -0.3 is 24.8 Å². The van der Waals surface area contributed by atoms with E-state index in [4.69, 9.17) is 19.9 Å². The number of nitrogens with two attached hydrogens (primary N) is 1. The molecule has 1 aliphatic heterocycles. The van der Waals surface area contributed by atoms with Gasteiger partial charge in [-0.2, -0.15) is 0 Å². The SMILES string of the molecule is COc1ccc(CCN=C(N)N2CCC(C)CC2)c(OC)c1OC. The fourth-order valence-electron chi connectivity index (χ4n) is 2.99. The largest absolute Gasteiger partial charge is 0.493 e. The van der Waals surface area contributed by atoms with Crippen LogP contribution in [0.5, 0.6) is 17.2 Å². The van der Waals surface area contributed by atoms with Crippen LogP contribution < -0.4 is 19.9 Å². The average Bonchev–Trinajstić information content (AvgIpc) is 2.61. The molecule has 24 heavy (non-hydrogen) atoms. The fraction of sp³-hybridized carbons (Fsp3) is 0.611. The standard InChI is InChI=1S/C18H29N3O3/c1-13-8-11-21(12-9-13)18(19)20-10-7-14-5-6-15(22-2)17(24-4)16(14)23-3/h5-6,13H,7-12H2,1-4H3,(H2,19,20). The highest BCUT2D eigenvalue weighted by Gasteiger charge is 2.18. The maximum atomic E-state index is 6.13. The van der Waals surface area contributed by atoms with Crippen LogP contribution in [0.3, 0.4) is 0 Å².